The van der Waals surface area contributed by atoms with E-state index in [9.17, 15) is 4.79 Å². The van der Waals surface area contributed by atoms with E-state index in [1.807, 2.05) is 45.9 Å². The summed E-state index contributed by atoms with van der Waals surface area (Å²) in [5.41, 5.74) is 6.96. The fourth-order valence-electron chi connectivity index (χ4n) is 1.98. The van der Waals surface area contributed by atoms with E-state index in [0.717, 1.165) is 5.56 Å². The number of nitrogens with two attached hydrogens (primary N) is 1. The lowest BCUT2D eigenvalue weighted by Gasteiger charge is -2.21. The van der Waals surface area contributed by atoms with Crippen LogP contribution < -0.4 is 10.5 Å². The predicted octanol–water partition coefficient (Wildman–Crippen LogP) is 3.16. The molecule has 1 aromatic rings. The Morgan fingerprint density at radius 2 is 2.00 bits per heavy atom. The van der Waals surface area contributed by atoms with E-state index >= 15 is 0 Å². The predicted molar refractivity (Wildman–Crippen MR) is 86.7 cm³/mol. The third-order valence-corrected chi connectivity index (χ3v) is 2.90. The zero-order chi connectivity index (χ0) is 16.8. The minimum atomic E-state index is -0.446. The third-order valence-electron chi connectivity index (χ3n) is 2.90. The van der Waals surface area contributed by atoms with Crippen molar-refractivity contribution in [3.8, 4) is 5.75 Å². The van der Waals surface area contributed by atoms with Crippen LogP contribution in [0.2, 0.25) is 0 Å². The van der Waals surface area contributed by atoms with E-state index in [-0.39, 0.29) is 11.9 Å². The quantitative estimate of drug-likeness (QED) is 0.619. The summed E-state index contributed by atoms with van der Waals surface area (Å²) in [6, 6.07) is 5.56. The van der Waals surface area contributed by atoms with Gasteiger partial charge in [-0.3, -0.25) is 4.79 Å². The van der Waals surface area contributed by atoms with Gasteiger partial charge in [-0.1, -0.05) is 13.0 Å². The molecule has 0 amide bonds. The number of esters is 1. The summed E-state index contributed by atoms with van der Waals surface area (Å²) in [6.07, 6.45) is 0.349. The lowest BCUT2D eigenvalue weighted by atomic mass is 10.1. The van der Waals surface area contributed by atoms with Crippen molar-refractivity contribution in [3.63, 3.8) is 0 Å². The molecule has 1 atom stereocenters. The minimum Gasteiger partial charge on any atom is -0.495 e. The third kappa shape index (κ3) is 6.80. The van der Waals surface area contributed by atoms with Crippen LogP contribution in [0.5, 0.6) is 5.75 Å². The van der Waals surface area contributed by atoms with Crippen LogP contribution in [0.3, 0.4) is 0 Å². The fourth-order valence-corrected chi connectivity index (χ4v) is 1.98. The van der Waals surface area contributed by atoms with Crippen LogP contribution in [0.25, 0.3) is 0 Å². The average Bonchev–Trinajstić information content (AvgIpc) is 2.36. The number of rotatable bonds is 7. The molecule has 1 aromatic carbocycles. The summed E-state index contributed by atoms with van der Waals surface area (Å²) in [6.45, 7) is 8.49. The van der Waals surface area contributed by atoms with Gasteiger partial charge in [0, 0.05) is 0 Å². The van der Waals surface area contributed by atoms with E-state index in [1.165, 1.54) is 0 Å². The van der Waals surface area contributed by atoms with Crippen molar-refractivity contribution in [1.82, 2.24) is 0 Å². The van der Waals surface area contributed by atoms with Crippen LogP contribution in [0.4, 0.5) is 5.69 Å². The first kappa shape index (κ1) is 18.3. The topological polar surface area (TPSA) is 70.8 Å². The van der Waals surface area contributed by atoms with E-state index in [0.29, 0.717) is 31.1 Å². The molecule has 0 saturated heterocycles. The van der Waals surface area contributed by atoms with Gasteiger partial charge in [0.15, 0.2) is 0 Å². The minimum absolute atomic E-state index is 0.102. The van der Waals surface area contributed by atoms with Gasteiger partial charge in [0.2, 0.25) is 0 Å². The van der Waals surface area contributed by atoms with Crippen LogP contribution >= 0.6 is 0 Å². The Hall–Kier alpha value is -1.75. The van der Waals surface area contributed by atoms with Crippen molar-refractivity contribution in [2.45, 2.75) is 46.3 Å². The number of hydrogen-bond acceptors (Lipinski definition) is 5. The molecule has 0 spiro atoms. The van der Waals surface area contributed by atoms with Gasteiger partial charge >= 0.3 is 5.97 Å². The van der Waals surface area contributed by atoms with Crippen LogP contribution in [0, 0.1) is 5.92 Å². The maximum Gasteiger partial charge on any atom is 0.306 e. The largest absolute Gasteiger partial charge is 0.495 e. The number of methoxy groups -OCH3 is 1. The molecule has 124 valence electrons. The Morgan fingerprint density at radius 3 is 2.55 bits per heavy atom. The van der Waals surface area contributed by atoms with Gasteiger partial charge in [-0.2, -0.15) is 0 Å². The van der Waals surface area contributed by atoms with Crippen molar-refractivity contribution in [3.05, 3.63) is 23.8 Å². The summed E-state index contributed by atoms with van der Waals surface area (Å²) in [7, 11) is 1.58. The van der Waals surface area contributed by atoms with Crippen molar-refractivity contribution in [1.29, 1.82) is 0 Å². The van der Waals surface area contributed by atoms with Gasteiger partial charge in [-0.25, -0.2) is 0 Å². The van der Waals surface area contributed by atoms with Crippen LogP contribution in [0.1, 0.15) is 39.7 Å². The molecule has 0 aliphatic carbocycles. The monoisotopic (exact) mass is 309 g/mol. The Labute approximate surface area is 132 Å². The first-order chi connectivity index (χ1) is 10.2. The molecule has 1 rings (SSSR count). The van der Waals surface area contributed by atoms with E-state index in [2.05, 4.69) is 0 Å². The van der Waals surface area contributed by atoms with Crippen molar-refractivity contribution in [2.75, 3.05) is 19.5 Å². The molecule has 5 heteroatoms. The summed E-state index contributed by atoms with van der Waals surface area (Å²) in [5, 5.41) is 0. The molecular formula is C17H27NO4. The highest BCUT2D eigenvalue weighted by molar-refractivity contribution is 5.70. The molecule has 0 radical (unpaired) electrons. The Balaban J connectivity index is 2.34. The molecule has 1 unspecified atom stereocenters. The number of nitrogen functional groups attached to an aromatic ring is 1. The maximum absolute atomic E-state index is 11.7. The molecule has 0 aromatic heterocycles. The second kappa shape index (κ2) is 8.03. The van der Waals surface area contributed by atoms with E-state index in [1.54, 1.807) is 7.11 Å². The summed E-state index contributed by atoms with van der Waals surface area (Å²) >= 11 is 0. The van der Waals surface area contributed by atoms with Gasteiger partial charge in [0.05, 0.1) is 32.4 Å². The van der Waals surface area contributed by atoms with Crippen LogP contribution in [0.15, 0.2) is 18.2 Å². The highest BCUT2D eigenvalue weighted by Gasteiger charge is 2.18. The first-order valence-corrected chi connectivity index (χ1v) is 7.43. The molecule has 5 nitrogen and oxygen atoms in total. The molecule has 0 heterocycles. The highest BCUT2D eigenvalue weighted by Crippen LogP contribution is 2.22. The average molecular weight is 309 g/mol. The van der Waals surface area contributed by atoms with E-state index in [4.69, 9.17) is 19.9 Å². The number of benzene rings is 1. The molecule has 0 aliphatic heterocycles. The van der Waals surface area contributed by atoms with Crippen LogP contribution in [-0.2, 0) is 20.9 Å². The van der Waals surface area contributed by atoms with Gasteiger partial charge < -0.3 is 19.9 Å². The van der Waals surface area contributed by atoms with Crippen molar-refractivity contribution >= 4 is 11.7 Å². The fraction of sp³-hybridized carbons (Fsp3) is 0.588. The molecule has 0 fully saturated rings. The summed E-state index contributed by atoms with van der Waals surface area (Å²) < 4.78 is 16.0. The Kier molecular flexibility index (Phi) is 6.68. The standard InChI is InChI=1S/C17H27NO4/c1-12(8-16(19)22-17(2,3)4)10-21-11-13-6-7-15(20-5)14(18)9-13/h6-7,9,12H,8,10-11,18H2,1-5H3. The number of ether oxygens (including phenoxy) is 3. The van der Waals surface area contributed by atoms with Crippen LogP contribution in [-0.4, -0.2) is 25.3 Å². The molecular weight excluding hydrogens is 282 g/mol. The van der Waals surface area contributed by atoms with Crippen molar-refractivity contribution < 1.29 is 19.0 Å². The summed E-state index contributed by atoms with van der Waals surface area (Å²) in [5.74, 6) is 0.560. The number of carbonyl (C=O) groups is 1. The molecule has 0 saturated carbocycles. The lowest BCUT2D eigenvalue weighted by molar-refractivity contribution is -0.156. The first-order valence-electron chi connectivity index (χ1n) is 7.43. The number of anilines is 1. The summed E-state index contributed by atoms with van der Waals surface area (Å²) in [4.78, 5) is 11.7. The molecule has 0 bridgehead atoms. The lowest BCUT2D eigenvalue weighted by Crippen LogP contribution is -2.25. The second-order valence-electron chi connectivity index (χ2n) is 6.49. The zero-order valence-electron chi connectivity index (χ0n) is 14.1. The molecule has 2 N–H and O–H groups in total. The Morgan fingerprint density at radius 1 is 1.32 bits per heavy atom. The van der Waals surface area contributed by atoms with Gasteiger partial charge in [-0.05, 0) is 44.4 Å². The van der Waals surface area contributed by atoms with Gasteiger partial charge in [0.25, 0.3) is 0 Å². The highest BCUT2D eigenvalue weighted by atomic mass is 16.6. The second-order valence-corrected chi connectivity index (χ2v) is 6.49. The zero-order valence-corrected chi connectivity index (χ0v) is 14.1. The smallest absolute Gasteiger partial charge is 0.306 e. The number of hydrogen-bond donors (Lipinski definition) is 1. The van der Waals surface area contributed by atoms with Gasteiger partial charge in [0.1, 0.15) is 11.4 Å². The van der Waals surface area contributed by atoms with E-state index < -0.39 is 5.60 Å². The van der Waals surface area contributed by atoms with Gasteiger partial charge in [-0.15, -0.1) is 0 Å². The normalized spacial score (nSPS) is 12.8. The molecule has 22 heavy (non-hydrogen) atoms. The number of carbonyl (C=O) groups excluding carboxylic acids is 1. The van der Waals surface area contributed by atoms with Crippen molar-refractivity contribution in [2.24, 2.45) is 5.92 Å². The Bertz CT molecular complexity index is 494. The molecule has 0 aliphatic rings. The SMILES string of the molecule is COc1ccc(COCC(C)CC(=O)OC(C)(C)C)cc1N. The maximum atomic E-state index is 11.7.